The number of carbonyl (C=O) groups excluding carboxylic acids is 1. The number of imidazole rings is 1. The summed E-state index contributed by atoms with van der Waals surface area (Å²) in [6.07, 6.45) is 8.37. The molecule has 1 aliphatic rings. The number of carbonyl (C=O) groups is 1. The summed E-state index contributed by atoms with van der Waals surface area (Å²) < 4.78 is 1.86. The van der Waals surface area contributed by atoms with Crippen LogP contribution < -0.4 is 5.32 Å². The maximum Gasteiger partial charge on any atom is 0.256 e. The van der Waals surface area contributed by atoms with E-state index in [0.717, 1.165) is 24.1 Å². The molecule has 0 saturated heterocycles. The van der Waals surface area contributed by atoms with Crippen molar-refractivity contribution in [3.63, 3.8) is 0 Å². The molecule has 2 heterocycles. The molecule has 2 N–H and O–H groups in total. The fraction of sp³-hybridized carbons (Fsp3) is 0.278. The highest BCUT2D eigenvalue weighted by molar-refractivity contribution is 5.97. The van der Waals surface area contributed by atoms with Gasteiger partial charge in [-0.1, -0.05) is 12.1 Å². The summed E-state index contributed by atoms with van der Waals surface area (Å²) in [5, 5.41) is 13.1. The van der Waals surface area contributed by atoms with E-state index in [4.69, 9.17) is 0 Å². The molecule has 0 atom stereocenters. The SMILES string of the molecule is O=C(Nc1ccc(-c2cn3cccnc3n2)cc1)C1(O)CCCC1. The van der Waals surface area contributed by atoms with Crippen LogP contribution in [-0.4, -0.2) is 31.0 Å². The van der Waals surface area contributed by atoms with Gasteiger partial charge in [-0.05, 0) is 43.9 Å². The number of aromatic nitrogens is 3. The Morgan fingerprint density at radius 2 is 1.96 bits per heavy atom. The number of rotatable bonds is 3. The number of hydrogen-bond acceptors (Lipinski definition) is 4. The molecule has 1 aliphatic carbocycles. The lowest BCUT2D eigenvalue weighted by molar-refractivity contribution is -0.133. The van der Waals surface area contributed by atoms with Crippen LogP contribution in [0.5, 0.6) is 0 Å². The standard InChI is InChI=1S/C18H18N4O2/c23-16(18(24)8-1-2-9-18)20-14-6-4-13(5-7-14)15-12-22-11-3-10-19-17(22)21-15/h3-7,10-12,24H,1-2,8-9H2,(H,20,23). The fourth-order valence-electron chi connectivity index (χ4n) is 3.13. The Balaban J connectivity index is 1.53. The smallest absolute Gasteiger partial charge is 0.256 e. The van der Waals surface area contributed by atoms with E-state index in [-0.39, 0.29) is 5.91 Å². The first-order chi connectivity index (χ1) is 11.6. The number of nitrogens with zero attached hydrogens (tertiary/aromatic N) is 3. The minimum atomic E-state index is -1.22. The molecule has 4 rings (SSSR count). The maximum atomic E-state index is 12.2. The summed E-state index contributed by atoms with van der Waals surface area (Å²) in [6.45, 7) is 0. The molecule has 0 aliphatic heterocycles. The molecule has 0 radical (unpaired) electrons. The Hall–Kier alpha value is -2.73. The largest absolute Gasteiger partial charge is 0.380 e. The van der Waals surface area contributed by atoms with E-state index in [1.165, 1.54) is 0 Å². The van der Waals surface area contributed by atoms with Gasteiger partial charge in [-0.25, -0.2) is 9.97 Å². The molecular formula is C18H18N4O2. The third kappa shape index (κ3) is 2.65. The summed E-state index contributed by atoms with van der Waals surface area (Å²) in [4.78, 5) is 20.9. The predicted octanol–water partition coefficient (Wildman–Crippen LogP) is 2.64. The zero-order valence-electron chi connectivity index (χ0n) is 13.1. The first kappa shape index (κ1) is 14.8. The van der Waals surface area contributed by atoms with Crippen LogP contribution in [0.25, 0.3) is 17.0 Å². The van der Waals surface area contributed by atoms with Crippen LogP contribution in [0, 0.1) is 0 Å². The quantitative estimate of drug-likeness (QED) is 0.777. The molecule has 3 aromatic rings. The fourth-order valence-corrected chi connectivity index (χ4v) is 3.13. The molecule has 122 valence electrons. The van der Waals surface area contributed by atoms with Crippen molar-refractivity contribution in [1.82, 2.24) is 14.4 Å². The van der Waals surface area contributed by atoms with Crippen molar-refractivity contribution in [3.8, 4) is 11.3 Å². The highest BCUT2D eigenvalue weighted by Crippen LogP contribution is 2.31. The number of anilines is 1. The number of amides is 1. The average Bonchev–Trinajstić information content (AvgIpc) is 3.22. The van der Waals surface area contributed by atoms with E-state index >= 15 is 0 Å². The van der Waals surface area contributed by atoms with Gasteiger partial charge in [0, 0.05) is 29.8 Å². The van der Waals surface area contributed by atoms with Crippen molar-refractivity contribution in [2.45, 2.75) is 31.3 Å². The third-order valence-corrected chi connectivity index (χ3v) is 4.53. The molecule has 1 fully saturated rings. The van der Waals surface area contributed by atoms with E-state index in [9.17, 15) is 9.90 Å². The van der Waals surface area contributed by atoms with Crippen LogP contribution >= 0.6 is 0 Å². The summed E-state index contributed by atoms with van der Waals surface area (Å²) in [5.74, 6) is 0.331. The second-order valence-electron chi connectivity index (χ2n) is 6.22. The molecule has 24 heavy (non-hydrogen) atoms. The van der Waals surface area contributed by atoms with Crippen molar-refractivity contribution in [2.75, 3.05) is 5.32 Å². The Morgan fingerprint density at radius 1 is 1.21 bits per heavy atom. The van der Waals surface area contributed by atoms with Crippen molar-refractivity contribution < 1.29 is 9.90 Å². The van der Waals surface area contributed by atoms with Gasteiger partial charge in [0.25, 0.3) is 5.91 Å². The van der Waals surface area contributed by atoms with E-state index in [1.807, 2.05) is 47.1 Å². The molecule has 6 nitrogen and oxygen atoms in total. The van der Waals surface area contributed by atoms with Crippen molar-refractivity contribution >= 4 is 17.4 Å². The lowest BCUT2D eigenvalue weighted by Crippen LogP contribution is -2.40. The molecule has 2 aromatic heterocycles. The minimum absolute atomic E-state index is 0.315. The Bertz CT molecular complexity index is 846. The second kappa shape index (κ2) is 5.72. The van der Waals surface area contributed by atoms with Crippen LogP contribution in [0.4, 0.5) is 5.69 Å². The van der Waals surface area contributed by atoms with Gasteiger partial charge in [-0.3, -0.25) is 9.20 Å². The first-order valence-corrected chi connectivity index (χ1v) is 8.08. The zero-order chi connectivity index (χ0) is 16.6. The highest BCUT2D eigenvalue weighted by Gasteiger charge is 2.38. The predicted molar refractivity (Wildman–Crippen MR) is 90.5 cm³/mol. The number of benzene rings is 1. The third-order valence-electron chi connectivity index (χ3n) is 4.53. The molecule has 1 amide bonds. The number of fused-ring (bicyclic) bond motifs is 1. The van der Waals surface area contributed by atoms with Crippen LogP contribution in [0.3, 0.4) is 0 Å². The zero-order valence-corrected chi connectivity index (χ0v) is 13.1. The van der Waals surface area contributed by atoms with Gasteiger partial charge in [-0.2, -0.15) is 0 Å². The van der Waals surface area contributed by atoms with E-state index in [0.29, 0.717) is 24.3 Å². The van der Waals surface area contributed by atoms with Crippen molar-refractivity contribution in [3.05, 3.63) is 48.9 Å². The Labute approximate surface area is 139 Å². The summed E-state index contributed by atoms with van der Waals surface area (Å²) in [7, 11) is 0. The minimum Gasteiger partial charge on any atom is -0.380 e. The van der Waals surface area contributed by atoms with Gasteiger partial charge in [0.15, 0.2) is 0 Å². The van der Waals surface area contributed by atoms with Gasteiger partial charge in [0.2, 0.25) is 5.78 Å². The molecule has 1 saturated carbocycles. The van der Waals surface area contributed by atoms with Gasteiger partial charge in [0.1, 0.15) is 5.60 Å². The summed E-state index contributed by atoms with van der Waals surface area (Å²) >= 11 is 0. The van der Waals surface area contributed by atoms with Gasteiger partial charge < -0.3 is 10.4 Å². The van der Waals surface area contributed by atoms with Gasteiger partial charge in [-0.15, -0.1) is 0 Å². The Kier molecular flexibility index (Phi) is 3.54. The first-order valence-electron chi connectivity index (χ1n) is 8.08. The Morgan fingerprint density at radius 3 is 2.67 bits per heavy atom. The monoisotopic (exact) mass is 322 g/mol. The van der Waals surface area contributed by atoms with Gasteiger partial charge >= 0.3 is 0 Å². The van der Waals surface area contributed by atoms with E-state index in [2.05, 4.69) is 15.3 Å². The van der Waals surface area contributed by atoms with Crippen molar-refractivity contribution in [1.29, 1.82) is 0 Å². The van der Waals surface area contributed by atoms with Crippen LogP contribution in [-0.2, 0) is 4.79 Å². The average molecular weight is 322 g/mol. The molecule has 1 aromatic carbocycles. The summed E-state index contributed by atoms with van der Waals surface area (Å²) in [5.41, 5.74) is 1.22. The number of aliphatic hydroxyl groups is 1. The van der Waals surface area contributed by atoms with E-state index < -0.39 is 5.60 Å². The molecular weight excluding hydrogens is 304 g/mol. The molecule has 0 bridgehead atoms. The molecule has 0 unspecified atom stereocenters. The number of hydrogen-bond donors (Lipinski definition) is 2. The van der Waals surface area contributed by atoms with Crippen LogP contribution in [0.1, 0.15) is 25.7 Å². The lowest BCUT2D eigenvalue weighted by atomic mass is 10.0. The van der Waals surface area contributed by atoms with Crippen LogP contribution in [0.2, 0.25) is 0 Å². The van der Waals surface area contributed by atoms with Gasteiger partial charge in [0.05, 0.1) is 5.69 Å². The van der Waals surface area contributed by atoms with Crippen molar-refractivity contribution in [2.24, 2.45) is 0 Å². The molecule has 0 spiro atoms. The lowest BCUT2D eigenvalue weighted by Gasteiger charge is -2.20. The summed E-state index contributed by atoms with van der Waals surface area (Å²) in [6, 6.07) is 9.29. The topological polar surface area (TPSA) is 79.5 Å². The van der Waals surface area contributed by atoms with Crippen LogP contribution in [0.15, 0.2) is 48.9 Å². The highest BCUT2D eigenvalue weighted by atomic mass is 16.3. The second-order valence-corrected chi connectivity index (χ2v) is 6.22. The number of nitrogens with one attached hydrogen (secondary N) is 1. The van der Waals surface area contributed by atoms with E-state index in [1.54, 1.807) is 6.20 Å². The normalized spacial score (nSPS) is 16.4. The molecule has 6 heteroatoms. The maximum absolute atomic E-state index is 12.2.